The van der Waals surface area contributed by atoms with E-state index < -0.39 is 11.7 Å². The lowest BCUT2D eigenvalue weighted by Crippen LogP contribution is -2.43. The van der Waals surface area contributed by atoms with Crippen LogP contribution in [0, 0.1) is 13.8 Å². The predicted molar refractivity (Wildman–Crippen MR) is 119 cm³/mol. The van der Waals surface area contributed by atoms with Gasteiger partial charge in [0.05, 0.1) is 29.0 Å². The van der Waals surface area contributed by atoms with Crippen LogP contribution in [0.3, 0.4) is 0 Å². The van der Waals surface area contributed by atoms with Gasteiger partial charge in [-0.1, -0.05) is 17.4 Å². The summed E-state index contributed by atoms with van der Waals surface area (Å²) in [6, 6.07) is 8.40. The van der Waals surface area contributed by atoms with E-state index in [9.17, 15) is 18.0 Å². The molecule has 2 heterocycles. The molecule has 1 fully saturated rings. The lowest BCUT2D eigenvalue weighted by Gasteiger charge is -2.29. The zero-order valence-electron chi connectivity index (χ0n) is 17.9. The molecule has 0 spiro atoms. The van der Waals surface area contributed by atoms with Gasteiger partial charge in [0.15, 0.2) is 5.13 Å². The Balaban J connectivity index is 1.65. The second kappa shape index (κ2) is 9.17. The first-order valence-corrected chi connectivity index (χ1v) is 11.2. The largest absolute Gasteiger partial charge is 0.416 e. The van der Waals surface area contributed by atoms with E-state index in [4.69, 9.17) is 9.72 Å². The number of benzene rings is 2. The van der Waals surface area contributed by atoms with E-state index in [0.29, 0.717) is 31.4 Å². The maximum absolute atomic E-state index is 13.4. The fourth-order valence-corrected chi connectivity index (χ4v) is 4.83. The van der Waals surface area contributed by atoms with E-state index in [1.807, 2.05) is 19.9 Å². The zero-order chi connectivity index (χ0) is 22.9. The molecular weight excluding hydrogens is 439 g/mol. The van der Waals surface area contributed by atoms with E-state index in [1.165, 1.54) is 23.5 Å². The average Bonchev–Trinajstić information content (AvgIpc) is 3.18. The number of halogens is 3. The Morgan fingerprint density at radius 2 is 1.84 bits per heavy atom. The molecule has 0 N–H and O–H groups in total. The molecule has 9 heteroatoms. The van der Waals surface area contributed by atoms with Gasteiger partial charge in [-0.15, -0.1) is 0 Å². The third kappa shape index (κ3) is 4.95. The number of fused-ring (bicyclic) bond motifs is 1. The summed E-state index contributed by atoms with van der Waals surface area (Å²) in [5.41, 5.74) is 2.41. The maximum atomic E-state index is 13.4. The molecule has 1 amide bonds. The third-order valence-corrected chi connectivity index (χ3v) is 6.72. The molecule has 0 atom stereocenters. The monoisotopic (exact) mass is 463 g/mol. The molecule has 2 aromatic carbocycles. The Morgan fingerprint density at radius 3 is 2.50 bits per heavy atom. The van der Waals surface area contributed by atoms with Crippen molar-refractivity contribution in [2.24, 2.45) is 0 Å². The Kier molecular flexibility index (Phi) is 6.50. The van der Waals surface area contributed by atoms with Gasteiger partial charge in [0, 0.05) is 31.7 Å². The van der Waals surface area contributed by atoms with Gasteiger partial charge in [-0.3, -0.25) is 14.6 Å². The summed E-state index contributed by atoms with van der Waals surface area (Å²) >= 11 is 1.43. The molecule has 3 aromatic rings. The molecule has 0 aliphatic carbocycles. The predicted octanol–water partition coefficient (Wildman–Crippen LogP) is 4.91. The molecule has 0 saturated carbocycles. The van der Waals surface area contributed by atoms with Crippen molar-refractivity contribution in [3.63, 3.8) is 0 Å². The van der Waals surface area contributed by atoms with E-state index in [0.717, 1.165) is 46.6 Å². The quantitative estimate of drug-likeness (QED) is 0.539. The number of nitrogens with zero attached hydrogens (tertiary/aromatic N) is 3. The number of alkyl halides is 3. The normalized spacial score (nSPS) is 15.3. The van der Waals surface area contributed by atoms with Gasteiger partial charge in [0.25, 0.3) is 5.91 Å². The Morgan fingerprint density at radius 1 is 1.16 bits per heavy atom. The number of hydrogen-bond donors (Lipinski definition) is 0. The summed E-state index contributed by atoms with van der Waals surface area (Å²) in [5.74, 6) is -0.361. The molecule has 1 saturated heterocycles. The highest BCUT2D eigenvalue weighted by Crippen LogP contribution is 2.33. The minimum atomic E-state index is -4.44. The van der Waals surface area contributed by atoms with Gasteiger partial charge >= 0.3 is 6.18 Å². The van der Waals surface area contributed by atoms with Crippen molar-refractivity contribution in [2.45, 2.75) is 20.0 Å². The van der Waals surface area contributed by atoms with Gasteiger partial charge in [-0.25, -0.2) is 4.98 Å². The van der Waals surface area contributed by atoms with E-state index >= 15 is 0 Å². The molecule has 0 radical (unpaired) electrons. The van der Waals surface area contributed by atoms with Gasteiger partial charge in [0.2, 0.25) is 0 Å². The van der Waals surface area contributed by atoms with E-state index in [2.05, 4.69) is 11.0 Å². The molecule has 32 heavy (non-hydrogen) atoms. The number of anilines is 1. The Bertz CT molecular complexity index is 1110. The molecular formula is C23H24F3N3O2S. The number of morpholine rings is 1. The number of rotatable bonds is 5. The average molecular weight is 464 g/mol. The van der Waals surface area contributed by atoms with Crippen LogP contribution in [0.25, 0.3) is 10.2 Å². The summed E-state index contributed by atoms with van der Waals surface area (Å²) in [6.07, 6.45) is -4.44. The van der Waals surface area contributed by atoms with Crippen molar-refractivity contribution in [1.82, 2.24) is 9.88 Å². The van der Waals surface area contributed by atoms with Crippen LogP contribution in [0.4, 0.5) is 18.3 Å². The third-order valence-electron chi connectivity index (χ3n) is 5.49. The number of carbonyl (C=O) groups is 1. The molecule has 1 aliphatic rings. The topological polar surface area (TPSA) is 45.7 Å². The van der Waals surface area contributed by atoms with Crippen molar-refractivity contribution >= 4 is 32.6 Å². The number of amides is 1. The molecule has 1 aliphatic heterocycles. The van der Waals surface area contributed by atoms with Crippen molar-refractivity contribution in [3.05, 3.63) is 58.7 Å². The molecule has 0 unspecified atom stereocenters. The first kappa shape index (κ1) is 22.7. The van der Waals surface area contributed by atoms with Gasteiger partial charge in [-0.2, -0.15) is 13.2 Å². The number of thiazole rings is 1. The summed E-state index contributed by atoms with van der Waals surface area (Å²) in [6.45, 7) is 7.86. The van der Waals surface area contributed by atoms with Gasteiger partial charge in [0.1, 0.15) is 0 Å². The summed E-state index contributed by atoms with van der Waals surface area (Å²) < 4.78 is 45.2. The highest BCUT2D eigenvalue weighted by Gasteiger charge is 2.31. The molecule has 5 nitrogen and oxygen atoms in total. The van der Waals surface area contributed by atoms with Crippen LogP contribution >= 0.6 is 11.3 Å². The second-order valence-electron chi connectivity index (χ2n) is 7.91. The number of aromatic nitrogens is 1. The highest BCUT2D eigenvalue weighted by atomic mass is 32.1. The van der Waals surface area contributed by atoms with Gasteiger partial charge < -0.3 is 4.74 Å². The lowest BCUT2D eigenvalue weighted by molar-refractivity contribution is -0.137. The minimum Gasteiger partial charge on any atom is -0.379 e. The number of hydrogen-bond acceptors (Lipinski definition) is 5. The highest BCUT2D eigenvalue weighted by molar-refractivity contribution is 7.22. The van der Waals surface area contributed by atoms with Crippen LogP contribution in [0.5, 0.6) is 0 Å². The van der Waals surface area contributed by atoms with Crippen LogP contribution in [0.15, 0.2) is 36.4 Å². The molecule has 0 bridgehead atoms. The van der Waals surface area contributed by atoms with Crippen LogP contribution in [0.2, 0.25) is 0 Å². The number of ether oxygens (including phenoxy) is 1. The maximum Gasteiger partial charge on any atom is 0.416 e. The first-order chi connectivity index (χ1) is 15.2. The van der Waals surface area contributed by atoms with E-state index in [-0.39, 0.29) is 11.5 Å². The van der Waals surface area contributed by atoms with Crippen LogP contribution < -0.4 is 4.90 Å². The van der Waals surface area contributed by atoms with Crippen LogP contribution in [-0.4, -0.2) is 55.2 Å². The summed E-state index contributed by atoms with van der Waals surface area (Å²) in [4.78, 5) is 21.9. The number of aryl methyl sites for hydroxylation is 2. The summed E-state index contributed by atoms with van der Waals surface area (Å²) in [5, 5.41) is 0.548. The first-order valence-electron chi connectivity index (χ1n) is 10.4. The van der Waals surface area contributed by atoms with Crippen molar-refractivity contribution in [2.75, 3.05) is 44.3 Å². The molecule has 4 rings (SSSR count). The molecule has 170 valence electrons. The Labute approximate surface area is 188 Å². The van der Waals surface area contributed by atoms with Crippen molar-refractivity contribution in [1.29, 1.82) is 0 Å². The molecule has 1 aromatic heterocycles. The van der Waals surface area contributed by atoms with Crippen LogP contribution in [0.1, 0.15) is 27.0 Å². The minimum absolute atomic E-state index is 0.201. The fraction of sp³-hybridized carbons (Fsp3) is 0.391. The Hall–Kier alpha value is -2.49. The van der Waals surface area contributed by atoms with Crippen molar-refractivity contribution in [3.8, 4) is 0 Å². The fourth-order valence-electron chi connectivity index (χ4n) is 3.79. The smallest absolute Gasteiger partial charge is 0.379 e. The summed E-state index contributed by atoms with van der Waals surface area (Å²) in [7, 11) is 0. The lowest BCUT2D eigenvalue weighted by atomic mass is 10.1. The number of carbonyl (C=O) groups excluding carboxylic acids is 1. The SMILES string of the molecule is Cc1cc(C)c2sc(N(CCN3CCOCC3)C(=O)c3ccc(C(F)(F)F)cc3)nc2c1. The van der Waals surface area contributed by atoms with E-state index in [1.54, 1.807) is 4.90 Å². The standard InChI is InChI=1S/C23H24F3N3O2S/c1-15-13-16(2)20-19(14-15)27-22(32-20)29(8-7-28-9-11-31-12-10-28)21(30)17-3-5-18(6-4-17)23(24,25)26/h3-6,13-14H,7-12H2,1-2H3. The second-order valence-corrected chi connectivity index (χ2v) is 8.89. The van der Waals surface area contributed by atoms with Crippen molar-refractivity contribution < 1.29 is 22.7 Å². The van der Waals surface area contributed by atoms with Gasteiger partial charge in [-0.05, 0) is 55.3 Å². The zero-order valence-corrected chi connectivity index (χ0v) is 18.7. The van der Waals surface area contributed by atoms with Crippen LogP contribution in [-0.2, 0) is 10.9 Å².